The molecule has 226 valence electrons. The molecular weight excluding hydrogens is 576 g/mol. The van der Waals surface area contributed by atoms with Gasteiger partial charge in [0.1, 0.15) is 17.4 Å². The first-order valence-electron chi connectivity index (χ1n) is 13.9. The number of hydrogen-bond donors (Lipinski definition) is 1. The van der Waals surface area contributed by atoms with Gasteiger partial charge in [0.25, 0.3) is 5.92 Å². The van der Waals surface area contributed by atoms with Gasteiger partial charge in [-0.1, -0.05) is 31.2 Å². The zero-order valence-electron chi connectivity index (χ0n) is 24.1. The van der Waals surface area contributed by atoms with Crippen LogP contribution in [-0.2, 0) is 27.3 Å². The van der Waals surface area contributed by atoms with E-state index in [1.165, 1.54) is 47.6 Å². The van der Waals surface area contributed by atoms with Crippen LogP contribution >= 0.6 is 0 Å². The normalized spacial score (nSPS) is 16.3. The smallest absolute Gasteiger partial charge is 0.273 e. The largest absolute Gasteiger partial charge is 0.378 e. The standard InChI is InChI=1S/C30H33F2N7O3S/c1-4-30(31,32)22-7-5-21(6-8-22)17-35-29(40)27-20-38(28-19-34-26-18-33-14-13-25(26)36-28)15-16-39(27)43(41,42)24-11-9-23(10-12-24)37(2)3/h5-14,18-19,27H,4,15-17,20H2,1-3H3,(H,35,40)/t27-/m1/s1. The molecule has 0 unspecified atom stereocenters. The lowest BCUT2D eigenvalue weighted by Crippen LogP contribution is -2.60. The molecule has 43 heavy (non-hydrogen) atoms. The summed E-state index contributed by atoms with van der Waals surface area (Å²) in [5.41, 5.74) is 2.59. The molecule has 1 aliphatic heterocycles. The van der Waals surface area contributed by atoms with Gasteiger partial charge in [-0.05, 0) is 35.9 Å². The summed E-state index contributed by atoms with van der Waals surface area (Å²) >= 11 is 0. The van der Waals surface area contributed by atoms with Gasteiger partial charge in [-0.3, -0.25) is 9.78 Å². The summed E-state index contributed by atoms with van der Waals surface area (Å²) in [4.78, 5) is 30.5. The number of carbonyl (C=O) groups is 1. The second kappa shape index (κ2) is 12.2. The Hall–Kier alpha value is -4.23. The second-order valence-corrected chi connectivity index (χ2v) is 12.4. The summed E-state index contributed by atoms with van der Waals surface area (Å²) in [6, 6.07) is 12.9. The van der Waals surface area contributed by atoms with E-state index in [1.54, 1.807) is 36.8 Å². The molecule has 2 aromatic carbocycles. The van der Waals surface area contributed by atoms with Crippen LogP contribution in [0.5, 0.6) is 0 Å². The fourth-order valence-electron chi connectivity index (χ4n) is 4.91. The first-order valence-corrected chi connectivity index (χ1v) is 15.3. The maximum Gasteiger partial charge on any atom is 0.273 e. The van der Waals surface area contributed by atoms with Gasteiger partial charge in [0.15, 0.2) is 0 Å². The first-order chi connectivity index (χ1) is 20.5. The Labute approximate surface area is 249 Å². The maximum atomic E-state index is 14.0. The average molecular weight is 610 g/mol. The molecule has 0 saturated carbocycles. The monoisotopic (exact) mass is 609 g/mol. The zero-order valence-corrected chi connectivity index (χ0v) is 24.9. The number of alkyl halides is 2. The summed E-state index contributed by atoms with van der Waals surface area (Å²) in [5, 5.41) is 2.81. The van der Waals surface area contributed by atoms with Gasteiger partial charge in [0.05, 0.1) is 22.8 Å². The number of pyridine rings is 1. The van der Waals surface area contributed by atoms with E-state index in [0.29, 0.717) is 22.4 Å². The molecule has 0 radical (unpaired) electrons. The fraction of sp³-hybridized carbons (Fsp3) is 0.333. The molecule has 1 fully saturated rings. The Morgan fingerprint density at radius 2 is 1.74 bits per heavy atom. The highest BCUT2D eigenvalue weighted by Crippen LogP contribution is 2.31. The maximum absolute atomic E-state index is 14.0. The molecule has 1 amide bonds. The summed E-state index contributed by atoms with van der Waals surface area (Å²) in [5.74, 6) is -2.94. The lowest BCUT2D eigenvalue weighted by Gasteiger charge is -2.40. The zero-order chi connectivity index (χ0) is 30.8. The minimum atomic E-state index is -4.05. The lowest BCUT2D eigenvalue weighted by molar-refractivity contribution is -0.125. The molecular formula is C30H33F2N7O3S. The van der Waals surface area contributed by atoms with E-state index in [-0.39, 0.29) is 43.1 Å². The van der Waals surface area contributed by atoms with Gasteiger partial charge >= 0.3 is 0 Å². The molecule has 13 heteroatoms. The Morgan fingerprint density at radius 3 is 2.42 bits per heavy atom. The second-order valence-electron chi connectivity index (χ2n) is 10.5. The number of halogens is 2. The summed E-state index contributed by atoms with van der Waals surface area (Å²) in [6.07, 6.45) is 4.47. The van der Waals surface area contributed by atoms with Crippen LogP contribution < -0.4 is 15.1 Å². The van der Waals surface area contributed by atoms with Crippen LogP contribution in [0.3, 0.4) is 0 Å². The van der Waals surface area contributed by atoms with Crippen molar-refractivity contribution in [3.63, 3.8) is 0 Å². The number of anilines is 2. The highest BCUT2D eigenvalue weighted by Gasteiger charge is 2.40. The SMILES string of the molecule is CCC(F)(F)c1ccc(CNC(=O)[C@H]2CN(c3cnc4cnccc4n3)CCN2S(=O)(=O)c2ccc(N(C)C)cc2)cc1. The number of fused-ring (bicyclic) bond motifs is 1. The Balaban J connectivity index is 1.40. The van der Waals surface area contributed by atoms with E-state index in [0.717, 1.165) is 5.69 Å². The third-order valence-corrected chi connectivity index (χ3v) is 9.46. The number of nitrogens with one attached hydrogen (secondary N) is 1. The highest BCUT2D eigenvalue weighted by molar-refractivity contribution is 7.89. The van der Waals surface area contributed by atoms with Crippen LogP contribution in [0.25, 0.3) is 11.0 Å². The predicted octanol–water partition coefficient (Wildman–Crippen LogP) is 3.79. The van der Waals surface area contributed by atoms with Gasteiger partial charge in [-0.2, -0.15) is 4.31 Å². The van der Waals surface area contributed by atoms with E-state index in [9.17, 15) is 22.0 Å². The summed E-state index contributed by atoms with van der Waals surface area (Å²) in [6.45, 7) is 1.82. The van der Waals surface area contributed by atoms with Crippen molar-refractivity contribution in [3.05, 3.63) is 84.3 Å². The van der Waals surface area contributed by atoms with Gasteiger partial charge in [0.2, 0.25) is 15.9 Å². The molecule has 1 saturated heterocycles. The van der Waals surface area contributed by atoms with Crippen LogP contribution in [0.15, 0.2) is 78.1 Å². The number of nitrogens with zero attached hydrogens (tertiary/aromatic N) is 6. The Morgan fingerprint density at radius 1 is 1.02 bits per heavy atom. The average Bonchev–Trinajstić information content (AvgIpc) is 3.03. The number of benzene rings is 2. The number of piperazine rings is 1. The minimum Gasteiger partial charge on any atom is -0.378 e. The molecule has 0 bridgehead atoms. The number of aromatic nitrogens is 3. The van der Waals surface area contributed by atoms with Crippen molar-refractivity contribution in [2.75, 3.05) is 43.5 Å². The number of hydrogen-bond acceptors (Lipinski definition) is 8. The molecule has 0 aliphatic carbocycles. The quantitative estimate of drug-likeness (QED) is 0.305. The van der Waals surface area contributed by atoms with Crippen molar-refractivity contribution in [1.29, 1.82) is 0 Å². The molecule has 10 nitrogen and oxygen atoms in total. The van der Waals surface area contributed by atoms with Crippen molar-refractivity contribution >= 4 is 38.5 Å². The third kappa shape index (κ3) is 6.42. The van der Waals surface area contributed by atoms with Crippen LogP contribution in [0.4, 0.5) is 20.3 Å². The number of carbonyl (C=O) groups excluding carboxylic acids is 1. The Bertz CT molecular complexity index is 1700. The van der Waals surface area contributed by atoms with Crippen LogP contribution in [0.2, 0.25) is 0 Å². The van der Waals surface area contributed by atoms with E-state index < -0.39 is 27.9 Å². The predicted molar refractivity (Wildman–Crippen MR) is 160 cm³/mol. The van der Waals surface area contributed by atoms with Crippen molar-refractivity contribution in [2.24, 2.45) is 0 Å². The first kappa shape index (κ1) is 30.2. The van der Waals surface area contributed by atoms with E-state index in [2.05, 4.69) is 20.3 Å². The van der Waals surface area contributed by atoms with Crippen LogP contribution in [0.1, 0.15) is 24.5 Å². The fourth-order valence-corrected chi connectivity index (χ4v) is 6.48. The van der Waals surface area contributed by atoms with Gasteiger partial charge < -0.3 is 15.1 Å². The molecule has 2 aromatic heterocycles. The highest BCUT2D eigenvalue weighted by atomic mass is 32.2. The van der Waals surface area contributed by atoms with E-state index in [4.69, 9.17) is 0 Å². The molecule has 1 aliphatic rings. The van der Waals surface area contributed by atoms with Crippen LogP contribution in [0, 0.1) is 0 Å². The third-order valence-electron chi connectivity index (χ3n) is 7.54. The molecule has 1 N–H and O–H groups in total. The molecule has 4 aromatic rings. The van der Waals surface area contributed by atoms with E-state index in [1.807, 2.05) is 23.9 Å². The minimum absolute atomic E-state index is 0.0344. The molecule has 0 spiro atoms. The van der Waals surface area contributed by atoms with Crippen molar-refractivity contribution in [1.82, 2.24) is 24.6 Å². The van der Waals surface area contributed by atoms with Crippen molar-refractivity contribution in [3.8, 4) is 0 Å². The Kier molecular flexibility index (Phi) is 8.56. The van der Waals surface area contributed by atoms with Gasteiger partial charge in [-0.25, -0.2) is 27.2 Å². The molecule has 1 atom stereocenters. The number of rotatable bonds is 9. The van der Waals surface area contributed by atoms with Crippen molar-refractivity contribution in [2.45, 2.75) is 36.7 Å². The number of amides is 1. The summed E-state index contributed by atoms with van der Waals surface area (Å²) < 4.78 is 57.0. The topological polar surface area (TPSA) is 112 Å². The molecule has 3 heterocycles. The van der Waals surface area contributed by atoms with Gasteiger partial charge in [0, 0.05) is 64.1 Å². The molecule has 5 rings (SSSR count). The summed E-state index contributed by atoms with van der Waals surface area (Å²) in [7, 11) is -0.329. The van der Waals surface area contributed by atoms with Crippen molar-refractivity contribution < 1.29 is 22.0 Å². The van der Waals surface area contributed by atoms with Gasteiger partial charge in [-0.15, -0.1) is 0 Å². The van der Waals surface area contributed by atoms with Crippen LogP contribution in [-0.4, -0.2) is 73.4 Å². The lowest BCUT2D eigenvalue weighted by atomic mass is 10.0. The van der Waals surface area contributed by atoms with E-state index >= 15 is 0 Å². The number of sulfonamides is 1.